The largest absolute Gasteiger partial charge is 0.396 e. The Morgan fingerprint density at radius 2 is 1.97 bits per heavy atom. The van der Waals surface area contributed by atoms with E-state index in [0.717, 1.165) is 61.2 Å². The van der Waals surface area contributed by atoms with Crippen LogP contribution in [0.4, 0.5) is 0 Å². The van der Waals surface area contributed by atoms with Crippen LogP contribution in [0.1, 0.15) is 48.2 Å². The molecule has 1 fully saturated rings. The van der Waals surface area contributed by atoms with Gasteiger partial charge in [-0.25, -0.2) is 9.50 Å². The Labute approximate surface area is 188 Å². The summed E-state index contributed by atoms with van der Waals surface area (Å²) in [6, 6.07) is 10.4. The molecule has 2 aliphatic rings. The fourth-order valence-electron chi connectivity index (χ4n) is 4.72. The first kappa shape index (κ1) is 21.1. The number of rotatable bonds is 3. The van der Waals surface area contributed by atoms with E-state index in [9.17, 15) is 9.90 Å². The fraction of sp³-hybridized carbons (Fsp3) is 0.480. The van der Waals surface area contributed by atoms with Crippen LogP contribution in [-0.4, -0.2) is 62.8 Å². The first-order chi connectivity index (χ1) is 15.7. The lowest BCUT2D eigenvalue weighted by molar-refractivity contribution is 0.0946. The Balaban J connectivity index is 1.47. The predicted molar refractivity (Wildman–Crippen MR) is 123 cm³/mol. The van der Waals surface area contributed by atoms with Crippen LogP contribution in [0.5, 0.6) is 0 Å². The summed E-state index contributed by atoms with van der Waals surface area (Å²) in [4.78, 5) is 20.2. The molecule has 1 unspecified atom stereocenters. The topological polar surface area (TPSA) is 82.8 Å². The molecular formula is C25H31N5O2. The number of hydrogen-bond acceptors (Lipinski definition) is 5. The molecule has 3 heterocycles. The number of benzene rings is 1. The minimum atomic E-state index is -0.0461. The van der Waals surface area contributed by atoms with Crippen molar-refractivity contribution < 1.29 is 9.90 Å². The van der Waals surface area contributed by atoms with Crippen LogP contribution in [0.3, 0.4) is 0 Å². The monoisotopic (exact) mass is 433 g/mol. The third kappa shape index (κ3) is 4.69. The van der Waals surface area contributed by atoms with E-state index >= 15 is 0 Å². The molecule has 32 heavy (non-hydrogen) atoms. The number of carbonyl (C=O) groups is 1. The van der Waals surface area contributed by atoms with Crippen molar-refractivity contribution in [2.24, 2.45) is 5.92 Å². The molecule has 0 saturated heterocycles. The maximum Gasteiger partial charge on any atom is 0.251 e. The molecule has 1 amide bonds. The molecule has 1 aliphatic carbocycles. The highest BCUT2D eigenvalue weighted by molar-refractivity contribution is 5.96. The number of aromatic nitrogens is 3. The van der Waals surface area contributed by atoms with Crippen molar-refractivity contribution in [3.8, 4) is 11.1 Å². The van der Waals surface area contributed by atoms with Crippen molar-refractivity contribution in [1.29, 1.82) is 0 Å². The van der Waals surface area contributed by atoms with Gasteiger partial charge in [-0.3, -0.25) is 9.69 Å². The van der Waals surface area contributed by atoms with Gasteiger partial charge in [0.25, 0.3) is 5.91 Å². The molecule has 1 aliphatic heterocycles. The number of hydrogen-bond donors (Lipinski definition) is 2. The molecule has 0 radical (unpaired) electrons. The molecule has 4 bridgehead atoms. The van der Waals surface area contributed by atoms with Crippen LogP contribution in [0.2, 0.25) is 0 Å². The summed E-state index contributed by atoms with van der Waals surface area (Å²) < 4.78 is 1.79. The smallest absolute Gasteiger partial charge is 0.251 e. The molecule has 1 aromatic carbocycles. The number of nitrogens with one attached hydrogen (secondary N) is 1. The molecule has 1 atom stereocenters. The summed E-state index contributed by atoms with van der Waals surface area (Å²) >= 11 is 0. The molecule has 7 nitrogen and oxygen atoms in total. The molecule has 1 saturated carbocycles. The van der Waals surface area contributed by atoms with Crippen molar-refractivity contribution in [1.82, 2.24) is 24.8 Å². The minimum Gasteiger partial charge on any atom is -0.396 e. The Morgan fingerprint density at radius 3 is 2.81 bits per heavy atom. The van der Waals surface area contributed by atoms with Crippen molar-refractivity contribution in [3.05, 3.63) is 54.0 Å². The van der Waals surface area contributed by atoms with Crippen LogP contribution in [0.25, 0.3) is 16.8 Å². The molecule has 3 aromatic rings. The van der Waals surface area contributed by atoms with Gasteiger partial charge in [0.05, 0.1) is 6.20 Å². The lowest BCUT2D eigenvalue weighted by atomic mass is 9.94. The summed E-state index contributed by atoms with van der Waals surface area (Å²) in [6.45, 7) is 2.75. The first-order valence-corrected chi connectivity index (χ1v) is 11.8. The van der Waals surface area contributed by atoms with E-state index in [1.807, 2.05) is 42.7 Å². The number of aliphatic hydroxyl groups excluding tert-OH is 1. The molecule has 2 N–H and O–H groups in total. The highest BCUT2D eigenvalue weighted by Crippen LogP contribution is 2.29. The van der Waals surface area contributed by atoms with E-state index in [-0.39, 0.29) is 12.5 Å². The van der Waals surface area contributed by atoms with Crippen molar-refractivity contribution >= 4 is 11.6 Å². The van der Waals surface area contributed by atoms with Gasteiger partial charge in [-0.2, -0.15) is 5.10 Å². The summed E-state index contributed by atoms with van der Waals surface area (Å²) in [5, 5.41) is 17.2. The van der Waals surface area contributed by atoms with Crippen LogP contribution < -0.4 is 5.32 Å². The second-order valence-corrected chi connectivity index (χ2v) is 9.05. The Kier molecular flexibility index (Phi) is 6.19. The molecule has 168 valence electrons. The minimum absolute atomic E-state index is 0.0461. The average molecular weight is 434 g/mol. The number of nitrogens with zero attached hydrogens (tertiary/aromatic N) is 4. The van der Waals surface area contributed by atoms with E-state index in [1.165, 1.54) is 12.8 Å². The molecule has 0 spiro atoms. The van der Waals surface area contributed by atoms with Crippen molar-refractivity contribution in [3.63, 3.8) is 0 Å². The zero-order valence-corrected chi connectivity index (χ0v) is 18.4. The van der Waals surface area contributed by atoms with Gasteiger partial charge in [-0.1, -0.05) is 12.1 Å². The number of aryl methyl sites for hydroxylation is 1. The van der Waals surface area contributed by atoms with Crippen molar-refractivity contribution in [2.75, 3.05) is 26.2 Å². The van der Waals surface area contributed by atoms with E-state index in [2.05, 4.69) is 15.3 Å². The zero-order valence-electron chi connectivity index (χ0n) is 18.4. The third-order valence-corrected chi connectivity index (χ3v) is 6.78. The SMILES string of the molecule is O=C1NCCN(C2CC2)CCC(CCO)CCc2ccn3ncc(c3n2)-c2cccc1c2. The average Bonchev–Trinajstić information content (AvgIpc) is 3.57. The standard InChI is InChI=1S/C25H31N5O2/c31-15-10-18-4-5-21-9-13-30-24(28-21)23(17-27-30)19-2-1-3-20(16-19)25(32)26-11-14-29(12-8-18)22-6-7-22/h1-3,9,13,16-18,22,31H,4-8,10-12,14-15H2,(H,26,32). The Hall–Kier alpha value is -2.77. The van der Waals surface area contributed by atoms with Crippen LogP contribution in [0.15, 0.2) is 42.7 Å². The first-order valence-electron chi connectivity index (χ1n) is 11.8. The number of fused-ring (bicyclic) bond motifs is 4. The van der Waals surface area contributed by atoms with E-state index in [0.29, 0.717) is 24.1 Å². The van der Waals surface area contributed by atoms with Crippen LogP contribution in [0, 0.1) is 5.92 Å². The normalized spacial score (nSPS) is 20.9. The number of amides is 1. The fourth-order valence-corrected chi connectivity index (χ4v) is 4.72. The molecule has 7 heteroatoms. The van der Waals surface area contributed by atoms with Gasteiger partial charge >= 0.3 is 0 Å². The summed E-state index contributed by atoms with van der Waals surface area (Å²) in [5.41, 5.74) is 4.38. The second-order valence-electron chi connectivity index (χ2n) is 9.05. The van der Waals surface area contributed by atoms with Gasteiger partial charge in [0, 0.05) is 48.8 Å². The van der Waals surface area contributed by atoms with Gasteiger partial charge in [-0.05, 0) is 74.8 Å². The number of carbonyl (C=O) groups excluding carboxylic acids is 1. The third-order valence-electron chi connectivity index (χ3n) is 6.78. The van der Waals surface area contributed by atoms with E-state index in [4.69, 9.17) is 4.98 Å². The quantitative estimate of drug-likeness (QED) is 0.664. The zero-order chi connectivity index (χ0) is 21.9. The van der Waals surface area contributed by atoms with Crippen LogP contribution in [-0.2, 0) is 6.42 Å². The van der Waals surface area contributed by atoms with Gasteiger partial charge in [0.2, 0.25) is 0 Å². The molecular weight excluding hydrogens is 402 g/mol. The van der Waals surface area contributed by atoms with Crippen LogP contribution >= 0.6 is 0 Å². The predicted octanol–water partition coefficient (Wildman–Crippen LogP) is 2.93. The van der Waals surface area contributed by atoms with E-state index in [1.54, 1.807) is 4.52 Å². The highest BCUT2D eigenvalue weighted by atomic mass is 16.3. The van der Waals surface area contributed by atoms with Gasteiger partial charge in [0.15, 0.2) is 5.65 Å². The lowest BCUT2D eigenvalue weighted by Crippen LogP contribution is -2.37. The lowest BCUT2D eigenvalue weighted by Gasteiger charge is -2.25. The summed E-state index contributed by atoms with van der Waals surface area (Å²) in [6.07, 6.45) is 10.1. The van der Waals surface area contributed by atoms with Gasteiger partial charge < -0.3 is 10.4 Å². The highest BCUT2D eigenvalue weighted by Gasteiger charge is 2.29. The van der Waals surface area contributed by atoms with Gasteiger partial charge in [-0.15, -0.1) is 0 Å². The summed E-state index contributed by atoms with van der Waals surface area (Å²) in [7, 11) is 0. The second kappa shape index (κ2) is 9.38. The van der Waals surface area contributed by atoms with Gasteiger partial charge in [0.1, 0.15) is 0 Å². The Morgan fingerprint density at radius 1 is 1.09 bits per heavy atom. The van der Waals surface area contributed by atoms with E-state index < -0.39 is 0 Å². The Bertz CT molecular complexity index is 1090. The summed E-state index contributed by atoms with van der Waals surface area (Å²) in [5.74, 6) is 0.416. The van der Waals surface area contributed by atoms with Crippen molar-refractivity contribution in [2.45, 2.75) is 44.6 Å². The maximum absolute atomic E-state index is 12.8. The maximum atomic E-state index is 12.8. The number of aliphatic hydroxyl groups is 1. The molecule has 2 aromatic heterocycles. The molecule has 5 rings (SSSR count).